The Morgan fingerprint density at radius 3 is 2.84 bits per heavy atom. The molecule has 3 rings (SSSR count). The molecule has 2 heterocycles. The number of benzene rings is 1. The Morgan fingerprint density at radius 2 is 2.16 bits per heavy atom. The van der Waals surface area contributed by atoms with Gasteiger partial charge in [0.05, 0.1) is 35.6 Å². The van der Waals surface area contributed by atoms with Crippen LogP contribution in [0, 0.1) is 13.8 Å². The summed E-state index contributed by atoms with van der Waals surface area (Å²) in [6.45, 7) is 4.58. The van der Waals surface area contributed by atoms with Gasteiger partial charge >= 0.3 is 0 Å². The Bertz CT molecular complexity index is 904. The average Bonchev–Trinajstić information content (AvgIpc) is 3.12. The molecule has 136 valence electrons. The Morgan fingerprint density at radius 1 is 1.40 bits per heavy atom. The maximum atomic E-state index is 12.1. The summed E-state index contributed by atoms with van der Waals surface area (Å²) in [4.78, 5) is 21.7. The van der Waals surface area contributed by atoms with Gasteiger partial charge in [-0.15, -0.1) is 0 Å². The number of sulfone groups is 1. The maximum absolute atomic E-state index is 12.1. The lowest BCUT2D eigenvalue weighted by atomic mass is 10.1. The van der Waals surface area contributed by atoms with Gasteiger partial charge in [-0.1, -0.05) is 6.07 Å². The van der Waals surface area contributed by atoms with E-state index >= 15 is 0 Å². The first-order valence-corrected chi connectivity index (χ1v) is 10.2. The monoisotopic (exact) mass is 364 g/mol. The van der Waals surface area contributed by atoms with E-state index in [0.717, 1.165) is 16.6 Å². The largest absolute Gasteiger partial charge is 0.348 e. The van der Waals surface area contributed by atoms with Gasteiger partial charge in [0.15, 0.2) is 9.84 Å². The van der Waals surface area contributed by atoms with Crippen molar-refractivity contribution in [3.8, 4) is 0 Å². The summed E-state index contributed by atoms with van der Waals surface area (Å²) in [5.41, 5.74) is 4.20. The van der Waals surface area contributed by atoms with Crippen LogP contribution in [0.1, 0.15) is 23.4 Å². The number of imidazole rings is 1. The number of rotatable bonds is 5. The van der Waals surface area contributed by atoms with Gasteiger partial charge in [0.2, 0.25) is 5.91 Å². The molecule has 2 aromatic rings. The number of fused-ring (bicyclic) bond motifs is 1. The van der Waals surface area contributed by atoms with E-state index < -0.39 is 9.84 Å². The van der Waals surface area contributed by atoms with E-state index in [4.69, 9.17) is 0 Å². The number of hydrogen-bond donors (Lipinski definition) is 2. The number of hydrogen-bond acceptors (Lipinski definition) is 5. The molecule has 1 aliphatic heterocycles. The van der Waals surface area contributed by atoms with E-state index in [1.165, 1.54) is 5.56 Å². The van der Waals surface area contributed by atoms with Crippen LogP contribution in [0.4, 0.5) is 0 Å². The zero-order valence-electron chi connectivity index (χ0n) is 14.8. The molecule has 25 heavy (non-hydrogen) atoms. The lowest BCUT2D eigenvalue weighted by molar-refractivity contribution is -0.122. The van der Waals surface area contributed by atoms with Gasteiger partial charge in [0.1, 0.15) is 5.82 Å². The van der Waals surface area contributed by atoms with Crippen molar-refractivity contribution in [3.63, 3.8) is 0 Å². The number of aryl methyl sites for hydroxylation is 2. The van der Waals surface area contributed by atoms with E-state index in [0.29, 0.717) is 18.8 Å². The number of likely N-dealkylation sites (N-methyl/N-ethyl adjacent to an activating group) is 1. The van der Waals surface area contributed by atoms with Crippen LogP contribution in [0.2, 0.25) is 0 Å². The lowest BCUT2D eigenvalue weighted by Crippen LogP contribution is -2.41. The molecule has 1 aromatic carbocycles. The second kappa shape index (κ2) is 6.76. The quantitative estimate of drug-likeness (QED) is 0.822. The van der Waals surface area contributed by atoms with Crippen molar-refractivity contribution >= 4 is 26.8 Å². The first-order valence-electron chi connectivity index (χ1n) is 8.37. The predicted octanol–water partition coefficient (Wildman–Crippen LogP) is 0.915. The maximum Gasteiger partial charge on any atom is 0.234 e. The number of nitrogens with zero attached hydrogens (tertiary/aromatic N) is 2. The third-order valence-corrected chi connectivity index (χ3v) is 6.66. The number of amides is 1. The summed E-state index contributed by atoms with van der Waals surface area (Å²) >= 11 is 0. The number of carbonyl (C=O) groups is 1. The standard InChI is InChI=1S/C17H24N4O3S/c1-11-4-5-14-17(12(11)2)20-15(19-14)8-18-16(22)9-21(3)13-6-7-25(23,24)10-13/h4-5,13H,6-10H2,1-3H3,(H,18,22)(H,19,20). The molecular formula is C17H24N4O3S. The summed E-state index contributed by atoms with van der Waals surface area (Å²) in [5.74, 6) is 0.920. The van der Waals surface area contributed by atoms with Crippen LogP contribution in [0.3, 0.4) is 0 Å². The minimum atomic E-state index is -2.94. The fourth-order valence-electron chi connectivity index (χ4n) is 3.16. The van der Waals surface area contributed by atoms with Crippen molar-refractivity contribution in [2.75, 3.05) is 25.1 Å². The molecule has 1 aliphatic rings. The molecule has 7 nitrogen and oxygen atoms in total. The molecule has 1 fully saturated rings. The summed E-state index contributed by atoms with van der Waals surface area (Å²) in [6, 6.07) is 3.96. The van der Waals surface area contributed by atoms with Crippen LogP contribution < -0.4 is 5.32 Å². The Kier molecular flexibility index (Phi) is 4.83. The highest BCUT2D eigenvalue weighted by Crippen LogP contribution is 2.19. The van der Waals surface area contributed by atoms with Crippen molar-refractivity contribution in [3.05, 3.63) is 29.1 Å². The number of carbonyl (C=O) groups excluding carboxylic acids is 1. The normalized spacial score (nSPS) is 19.6. The molecule has 0 radical (unpaired) electrons. The van der Waals surface area contributed by atoms with Gasteiger partial charge < -0.3 is 10.3 Å². The van der Waals surface area contributed by atoms with Crippen molar-refractivity contribution in [1.29, 1.82) is 0 Å². The van der Waals surface area contributed by atoms with Crippen molar-refractivity contribution < 1.29 is 13.2 Å². The minimum Gasteiger partial charge on any atom is -0.348 e. The van der Waals surface area contributed by atoms with E-state index in [9.17, 15) is 13.2 Å². The molecule has 2 N–H and O–H groups in total. The Labute approximate surface area is 147 Å². The van der Waals surface area contributed by atoms with Crippen molar-refractivity contribution in [1.82, 2.24) is 20.2 Å². The number of H-pyrrole nitrogens is 1. The fourth-order valence-corrected chi connectivity index (χ4v) is 4.97. The smallest absolute Gasteiger partial charge is 0.234 e. The van der Waals surface area contributed by atoms with Gasteiger partial charge in [-0.25, -0.2) is 13.4 Å². The second-order valence-corrected chi connectivity index (χ2v) is 9.06. The highest BCUT2D eigenvalue weighted by molar-refractivity contribution is 7.91. The third-order valence-electron chi connectivity index (χ3n) is 4.91. The topological polar surface area (TPSA) is 95.2 Å². The molecule has 1 unspecified atom stereocenters. The predicted molar refractivity (Wildman–Crippen MR) is 97.1 cm³/mol. The van der Waals surface area contributed by atoms with Gasteiger partial charge in [-0.2, -0.15) is 0 Å². The highest BCUT2D eigenvalue weighted by Gasteiger charge is 2.31. The summed E-state index contributed by atoms with van der Waals surface area (Å²) in [5, 5.41) is 2.85. The average molecular weight is 364 g/mol. The molecular weight excluding hydrogens is 340 g/mol. The van der Waals surface area contributed by atoms with Crippen LogP contribution >= 0.6 is 0 Å². The Balaban J connectivity index is 1.56. The molecule has 0 aliphatic carbocycles. The molecule has 1 saturated heterocycles. The highest BCUT2D eigenvalue weighted by atomic mass is 32.2. The molecule has 1 aromatic heterocycles. The van der Waals surface area contributed by atoms with Crippen LogP contribution in [0.5, 0.6) is 0 Å². The van der Waals surface area contributed by atoms with Crippen molar-refractivity contribution in [2.24, 2.45) is 0 Å². The minimum absolute atomic E-state index is 0.0763. The fraction of sp³-hybridized carbons (Fsp3) is 0.529. The van der Waals surface area contributed by atoms with Crippen molar-refractivity contribution in [2.45, 2.75) is 32.9 Å². The summed E-state index contributed by atoms with van der Waals surface area (Å²) in [6.07, 6.45) is 0.592. The van der Waals surface area contributed by atoms with Crippen LogP contribution in [0.15, 0.2) is 12.1 Å². The first kappa shape index (κ1) is 17.9. The molecule has 0 saturated carbocycles. The zero-order chi connectivity index (χ0) is 18.2. The third kappa shape index (κ3) is 4.01. The van der Waals surface area contributed by atoms with Crippen LogP contribution in [0.25, 0.3) is 11.0 Å². The first-order chi connectivity index (χ1) is 11.7. The number of nitrogens with one attached hydrogen (secondary N) is 2. The summed E-state index contributed by atoms with van der Waals surface area (Å²) < 4.78 is 23.1. The van der Waals surface area contributed by atoms with Gasteiger partial charge in [0.25, 0.3) is 0 Å². The molecule has 0 spiro atoms. The van der Waals surface area contributed by atoms with E-state index in [1.54, 1.807) is 7.05 Å². The van der Waals surface area contributed by atoms with Crippen LogP contribution in [-0.4, -0.2) is 60.3 Å². The molecule has 1 amide bonds. The Hall–Kier alpha value is -1.93. The van der Waals surface area contributed by atoms with Gasteiger partial charge in [-0.05, 0) is 44.5 Å². The number of aromatic nitrogens is 2. The second-order valence-electron chi connectivity index (χ2n) is 6.84. The molecule has 1 atom stereocenters. The van der Waals surface area contributed by atoms with Gasteiger partial charge in [0, 0.05) is 6.04 Å². The SMILES string of the molecule is Cc1ccc2[nH]c(CNC(=O)CN(C)C3CCS(=O)(=O)C3)nc2c1C. The van der Waals surface area contributed by atoms with E-state index in [-0.39, 0.29) is 30.0 Å². The molecule has 0 bridgehead atoms. The van der Waals surface area contributed by atoms with Crippen LogP contribution in [-0.2, 0) is 21.2 Å². The van der Waals surface area contributed by atoms with Gasteiger partial charge in [-0.3, -0.25) is 9.69 Å². The number of aromatic amines is 1. The van der Waals surface area contributed by atoms with E-state index in [1.807, 2.05) is 30.9 Å². The lowest BCUT2D eigenvalue weighted by Gasteiger charge is -2.22. The summed E-state index contributed by atoms with van der Waals surface area (Å²) in [7, 11) is -1.15. The molecule has 8 heteroatoms. The van der Waals surface area contributed by atoms with E-state index in [2.05, 4.69) is 15.3 Å². The zero-order valence-corrected chi connectivity index (χ0v) is 15.6.